The largest absolute Gasteiger partial charge is 0.493 e. The lowest BCUT2D eigenvalue weighted by Gasteiger charge is -2.23. The molecular weight excluding hydrogens is 370 g/mol. The monoisotopic (exact) mass is 401 g/mol. The maximum atomic E-state index is 11.6. The number of nitro groups is 1. The van der Waals surface area contributed by atoms with Crippen LogP contribution in [0.2, 0.25) is 0 Å². The van der Waals surface area contributed by atoms with Gasteiger partial charge in [0.2, 0.25) is 0 Å². The third-order valence-electron chi connectivity index (χ3n) is 4.85. The zero-order valence-corrected chi connectivity index (χ0v) is 17.9. The van der Waals surface area contributed by atoms with E-state index in [1.165, 1.54) is 25.8 Å². The van der Waals surface area contributed by atoms with Crippen LogP contribution >= 0.6 is 0 Å². The van der Waals surface area contributed by atoms with Crippen molar-refractivity contribution in [2.75, 3.05) is 27.3 Å². The number of nitro benzene ring substituents is 1. The van der Waals surface area contributed by atoms with Crippen LogP contribution in [-0.4, -0.2) is 37.1 Å². The molecule has 2 rings (SSSR count). The predicted molar refractivity (Wildman–Crippen MR) is 115 cm³/mol. The average molecular weight is 402 g/mol. The first kappa shape index (κ1) is 22.6. The predicted octanol–water partition coefficient (Wildman–Crippen LogP) is 3.87. The number of nitrogens with zero attached hydrogens (tertiary/aromatic N) is 2. The van der Waals surface area contributed by atoms with E-state index in [1.807, 2.05) is 0 Å². The zero-order chi connectivity index (χ0) is 21.6. The van der Waals surface area contributed by atoms with E-state index in [2.05, 4.69) is 49.9 Å². The Morgan fingerprint density at radius 2 is 1.62 bits per heavy atom. The van der Waals surface area contributed by atoms with Gasteiger partial charge in [-0.1, -0.05) is 45.0 Å². The molecular formula is C22H31N3O4. The van der Waals surface area contributed by atoms with Crippen molar-refractivity contribution in [3.05, 3.63) is 63.2 Å². The van der Waals surface area contributed by atoms with Crippen LogP contribution in [0.15, 0.2) is 36.4 Å². The highest BCUT2D eigenvalue weighted by Crippen LogP contribution is 2.35. The van der Waals surface area contributed by atoms with Crippen molar-refractivity contribution in [2.24, 2.45) is 5.73 Å². The number of nitrogens with two attached hydrogens (primary N) is 1. The van der Waals surface area contributed by atoms with Crippen LogP contribution in [0.4, 0.5) is 5.69 Å². The molecule has 0 heterocycles. The molecule has 0 aromatic heterocycles. The lowest BCUT2D eigenvalue weighted by molar-refractivity contribution is -0.385. The van der Waals surface area contributed by atoms with Gasteiger partial charge in [-0.3, -0.25) is 15.0 Å². The Bertz CT molecular complexity index is 829. The zero-order valence-electron chi connectivity index (χ0n) is 17.9. The van der Waals surface area contributed by atoms with E-state index in [0.29, 0.717) is 43.2 Å². The molecule has 0 aliphatic rings. The van der Waals surface area contributed by atoms with Crippen LogP contribution < -0.4 is 15.2 Å². The van der Waals surface area contributed by atoms with E-state index in [4.69, 9.17) is 15.2 Å². The minimum atomic E-state index is -0.393. The first-order chi connectivity index (χ1) is 13.7. The van der Waals surface area contributed by atoms with Crippen molar-refractivity contribution >= 4 is 5.69 Å². The summed E-state index contributed by atoms with van der Waals surface area (Å²) in [6, 6.07) is 11.6. The van der Waals surface area contributed by atoms with Gasteiger partial charge < -0.3 is 15.2 Å². The molecule has 0 aliphatic heterocycles. The minimum absolute atomic E-state index is 0.00718. The topological polar surface area (TPSA) is 90.9 Å². The van der Waals surface area contributed by atoms with Crippen LogP contribution in [-0.2, 0) is 18.5 Å². The van der Waals surface area contributed by atoms with E-state index in [-0.39, 0.29) is 11.1 Å². The van der Waals surface area contributed by atoms with Crippen molar-refractivity contribution in [3.63, 3.8) is 0 Å². The molecule has 2 N–H and O–H groups in total. The fraction of sp³-hybridized carbons (Fsp3) is 0.455. The summed E-state index contributed by atoms with van der Waals surface area (Å²) in [4.78, 5) is 13.3. The molecule has 0 unspecified atom stereocenters. The summed E-state index contributed by atoms with van der Waals surface area (Å²) < 4.78 is 10.5. The van der Waals surface area contributed by atoms with Gasteiger partial charge in [0.1, 0.15) is 0 Å². The van der Waals surface area contributed by atoms with Crippen LogP contribution in [0, 0.1) is 10.1 Å². The van der Waals surface area contributed by atoms with Crippen molar-refractivity contribution in [1.82, 2.24) is 4.90 Å². The smallest absolute Gasteiger partial charge is 0.277 e. The summed E-state index contributed by atoms with van der Waals surface area (Å²) >= 11 is 0. The maximum absolute atomic E-state index is 11.6. The van der Waals surface area contributed by atoms with Crippen LogP contribution in [0.3, 0.4) is 0 Å². The maximum Gasteiger partial charge on any atom is 0.277 e. The molecule has 2 aromatic rings. The third-order valence-corrected chi connectivity index (χ3v) is 4.85. The molecule has 29 heavy (non-hydrogen) atoms. The third kappa shape index (κ3) is 5.92. The molecule has 158 valence electrons. The van der Waals surface area contributed by atoms with Crippen LogP contribution in [0.25, 0.3) is 0 Å². The second kappa shape index (κ2) is 9.71. The van der Waals surface area contributed by atoms with Gasteiger partial charge in [0.25, 0.3) is 5.69 Å². The van der Waals surface area contributed by atoms with Gasteiger partial charge in [0, 0.05) is 31.7 Å². The fourth-order valence-corrected chi connectivity index (χ4v) is 3.21. The van der Waals surface area contributed by atoms with Crippen LogP contribution in [0.5, 0.6) is 11.5 Å². The summed E-state index contributed by atoms with van der Waals surface area (Å²) in [7, 11) is 2.98. The van der Waals surface area contributed by atoms with E-state index in [9.17, 15) is 10.1 Å². The molecule has 7 nitrogen and oxygen atoms in total. The lowest BCUT2D eigenvalue weighted by Crippen LogP contribution is -2.29. The number of hydrogen-bond donors (Lipinski definition) is 1. The first-order valence-electron chi connectivity index (χ1n) is 9.60. The molecule has 0 radical (unpaired) electrons. The molecule has 0 aliphatic carbocycles. The molecule has 2 aromatic carbocycles. The molecule has 0 fully saturated rings. The Hall–Kier alpha value is -2.64. The van der Waals surface area contributed by atoms with Crippen molar-refractivity contribution in [1.29, 1.82) is 0 Å². The first-order valence-corrected chi connectivity index (χ1v) is 9.60. The quantitative estimate of drug-likeness (QED) is 0.507. The van der Waals surface area contributed by atoms with Crippen molar-refractivity contribution in [2.45, 2.75) is 39.3 Å². The molecule has 0 atom stereocenters. The molecule has 0 saturated carbocycles. The van der Waals surface area contributed by atoms with Gasteiger partial charge in [-0.25, -0.2) is 0 Å². The highest BCUT2D eigenvalue weighted by molar-refractivity contribution is 5.54. The van der Waals surface area contributed by atoms with Gasteiger partial charge in [-0.05, 0) is 22.6 Å². The fourth-order valence-electron chi connectivity index (χ4n) is 3.21. The Balaban J connectivity index is 2.29. The van der Waals surface area contributed by atoms with E-state index in [1.54, 1.807) is 6.07 Å². The van der Waals surface area contributed by atoms with Crippen LogP contribution in [0.1, 0.15) is 37.5 Å². The average Bonchev–Trinajstić information content (AvgIpc) is 2.67. The molecule has 0 bridgehead atoms. The van der Waals surface area contributed by atoms with Gasteiger partial charge in [0.15, 0.2) is 11.5 Å². The normalized spacial score (nSPS) is 11.6. The molecule has 0 amide bonds. The number of hydrogen-bond acceptors (Lipinski definition) is 6. The van der Waals surface area contributed by atoms with E-state index < -0.39 is 4.92 Å². The molecule has 0 saturated heterocycles. The summed E-state index contributed by atoms with van der Waals surface area (Å²) in [5.74, 6) is 0.807. The highest BCUT2D eigenvalue weighted by atomic mass is 16.6. The lowest BCUT2D eigenvalue weighted by atomic mass is 9.87. The summed E-state index contributed by atoms with van der Waals surface area (Å²) in [5.41, 5.74) is 8.86. The molecule has 7 heteroatoms. The summed E-state index contributed by atoms with van der Waals surface area (Å²) in [5, 5.41) is 11.6. The minimum Gasteiger partial charge on any atom is -0.493 e. The van der Waals surface area contributed by atoms with Crippen molar-refractivity contribution in [3.8, 4) is 11.5 Å². The van der Waals surface area contributed by atoms with Crippen molar-refractivity contribution < 1.29 is 14.4 Å². The van der Waals surface area contributed by atoms with Gasteiger partial charge in [0.05, 0.1) is 25.2 Å². The number of benzene rings is 2. The Morgan fingerprint density at radius 3 is 2.10 bits per heavy atom. The summed E-state index contributed by atoms with van der Waals surface area (Å²) in [6.45, 7) is 8.65. The van der Waals surface area contributed by atoms with Gasteiger partial charge in [-0.2, -0.15) is 0 Å². The Morgan fingerprint density at radius 1 is 1.03 bits per heavy atom. The number of rotatable bonds is 9. The Labute approximate surface area is 172 Å². The molecule has 0 spiro atoms. The highest BCUT2D eigenvalue weighted by Gasteiger charge is 2.21. The van der Waals surface area contributed by atoms with Gasteiger partial charge in [-0.15, -0.1) is 0 Å². The SMILES string of the molecule is COc1cc(CN(CCN)Cc2ccc(C(C)(C)C)cc2)c([N+](=O)[O-])cc1OC. The second-order valence-corrected chi connectivity index (χ2v) is 8.04. The van der Waals surface area contributed by atoms with E-state index >= 15 is 0 Å². The standard InChI is InChI=1S/C22H31N3O4/c1-22(2,3)18-8-6-16(7-9-18)14-24(11-10-23)15-17-12-20(28-4)21(29-5)13-19(17)25(26)27/h6-9,12-13H,10-11,14-15,23H2,1-5H3. The Kier molecular flexibility index (Phi) is 7.59. The number of ether oxygens (including phenoxy) is 2. The van der Waals surface area contributed by atoms with Gasteiger partial charge >= 0.3 is 0 Å². The second-order valence-electron chi connectivity index (χ2n) is 8.04. The van der Waals surface area contributed by atoms with E-state index in [0.717, 1.165) is 5.56 Å². The summed E-state index contributed by atoms with van der Waals surface area (Å²) in [6.07, 6.45) is 0. The number of methoxy groups -OCH3 is 2.